The number of nitrogens with one attached hydrogen (secondary N) is 2. The van der Waals surface area contributed by atoms with Gasteiger partial charge in [0.05, 0.1) is 12.5 Å². The van der Waals surface area contributed by atoms with Crippen LogP contribution in [0.3, 0.4) is 0 Å². The summed E-state index contributed by atoms with van der Waals surface area (Å²) in [5, 5.41) is 13.3. The topological polar surface area (TPSA) is 105 Å². The Kier molecular flexibility index (Phi) is 3.48. The van der Waals surface area contributed by atoms with Crippen LogP contribution < -0.4 is 10.6 Å². The van der Waals surface area contributed by atoms with Gasteiger partial charge in [0.25, 0.3) is 5.91 Å². The third-order valence-electron chi connectivity index (χ3n) is 2.48. The normalized spacial score (nSPS) is 26.1. The van der Waals surface area contributed by atoms with Gasteiger partial charge < -0.3 is 15.2 Å². The Labute approximate surface area is 92.1 Å². The fraction of sp³-hybridized carbons (Fsp3) is 0.667. The van der Waals surface area contributed by atoms with Gasteiger partial charge in [-0.15, -0.1) is 0 Å². The Bertz CT molecular complexity index is 330. The number of amides is 3. The first kappa shape index (κ1) is 12.4. The first-order valence-electron chi connectivity index (χ1n) is 4.76. The lowest BCUT2D eigenvalue weighted by Gasteiger charge is -2.26. The minimum atomic E-state index is -1.27. The number of hydrogen-bond acceptors (Lipinski definition) is 4. The van der Waals surface area contributed by atoms with E-state index < -0.39 is 29.4 Å². The zero-order valence-corrected chi connectivity index (χ0v) is 9.07. The summed E-state index contributed by atoms with van der Waals surface area (Å²) in [6, 6.07) is -0.625. The minimum Gasteiger partial charge on any atom is -0.481 e. The van der Waals surface area contributed by atoms with Gasteiger partial charge in [0.15, 0.2) is 0 Å². The molecule has 0 aromatic rings. The van der Waals surface area contributed by atoms with Gasteiger partial charge >= 0.3 is 12.0 Å². The predicted molar refractivity (Wildman–Crippen MR) is 52.7 cm³/mol. The molecule has 16 heavy (non-hydrogen) atoms. The Hall–Kier alpha value is -1.63. The van der Waals surface area contributed by atoms with Crippen LogP contribution in [0.5, 0.6) is 0 Å². The van der Waals surface area contributed by atoms with Crippen molar-refractivity contribution in [2.75, 3.05) is 13.7 Å². The summed E-state index contributed by atoms with van der Waals surface area (Å²) in [4.78, 5) is 33.4. The summed E-state index contributed by atoms with van der Waals surface area (Å²) < 4.78 is 4.86. The highest BCUT2D eigenvalue weighted by molar-refractivity contribution is 6.07. The standard InChI is InChI=1S/C9H14N2O5/c1-5(6(12)13)3-9(4-16-2)7(14)10-8(15)11-9/h5H,3-4H2,1-2H3,(H,12,13)(H2,10,11,14,15). The van der Waals surface area contributed by atoms with Crippen LogP contribution in [-0.4, -0.2) is 42.3 Å². The highest BCUT2D eigenvalue weighted by Crippen LogP contribution is 2.21. The number of rotatable bonds is 5. The quantitative estimate of drug-likeness (QED) is 0.543. The lowest BCUT2D eigenvalue weighted by molar-refractivity contribution is -0.142. The Morgan fingerprint density at radius 3 is 2.56 bits per heavy atom. The van der Waals surface area contributed by atoms with Crippen LogP contribution in [0.1, 0.15) is 13.3 Å². The number of urea groups is 1. The SMILES string of the molecule is COCC1(CC(C)C(=O)O)NC(=O)NC1=O. The van der Waals surface area contributed by atoms with Crippen LogP contribution in [0, 0.1) is 5.92 Å². The highest BCUT2D eigenvalue weighted by Gasteiger charge is 2.47. The van der Waals surface area contributed by atoms with Crippen LogP contribution in [0.25, 0.3) is 0 Å². The van der Waals surface area contributed by atoms with Crippen molar-refractivity contribution in [2.24, 2.45) is 5.92 Å². The number of ether oxygens (including phenoxy) is 1. The van der Waals surface area contributed by atoms with Crippen molar-refractivity contribution in [1.82, 2.24) is 10.6 Å². The number of aliphatic carboxylic acids is 1. The minimum absolute atomic E-state index is 0.00620. The molecular weight excluding hydrogens is 216 g/mol. The molecule has 1 aliphatic heterocycles. The zero-order valence-electron chi connectivity index (χ0n) is 9.07. The van der Waals surface area contributed by atoms with E-state index in [1.807, 2.05) is 0 Å². The maximum Gasteiger partial charge on any atom is 0.322 e. The van der Waals surface area contributed by atoms with Gasteiger partial charge in [-0.25, -0.2) is 4.79 Å². The monoisotopic (exact) mass is 230 g/mol. The van der Waals surface area contributed by atoms with Crippen LogP contribution in [-0.2, 0) is 14.3 Å². The third-order valence-corrected chi connectivity index (χ3v) is 2.48. The molecule has 0 aliphatic carbocycles. The first-order chi connectivity index (χ1) is 7.41. The van der Waals surface area contributed by atoms with Crippen molar-refractivity contribution in [3.63, 3.8) is 0 Å². The largest absolute Gasteiger partial charge is 0.481 e. The molecule has 3 N–H and O–H groups in total. The molecule has 7 nitrogen and oxygen atoms in total. The van der Waals surface area contributed by atoms with E-state index in [1.54, 1.807) is 0 Å². The molecule has 90 valence electrons. The molecule has 1 heterocycles. The van der Waals surface area contributed by atoms with E-state index in [-0.39, 0.29) is 13.0 Å². The number of hydrogen-bond donors (Lipinski definition) is 3. The number of carbonyl (C=O) groups excluding carboxylic acids is 2. The Morgan fingerprint density at radius 1 is 1.56 bits per heavy atom. The second kappa shape index (κ2) is 4.48. The van der Waals surface area contributed by atoms with Gasteiger partial charge in [-0.3, -0.25) is 14.9 Å². The van der Waals surface area contributed by atoms with E-state index >= 15 is 0 Å². The number of methoxy groups -OCH3 is 1. The maximum atomic E-state index is 11.6. The molecule has 3 amide bonds. The van der Waals surface area contributed by atoms with Crippen LogP contribution in [0.2, 0.25) is 0 Å². The summed E-state index contributed by atoms with van der Waals surface area (Å²) in [7, 11) is 1.38. The molecule has 1 fully saturated rings. The number of imide groups is 1. The molecular formula is C9H14N2O5. The van der Waals surface area contributed by atoms with Gasteiger partial charge in [0.2, 0.25) is 0 Å². The number of carbonyl (C=O) groups is 3. The molecule has 0 aromatic carbocycles. The van der Waals surface area contributed by atoms with Gasteiger partial charge in [-0.1, -0.05) is 6.92 Å². The van der Waals surface area contributed by atoms with Crippen molar-refractivity contribution in [3.8, 4) is 0 Å². The van der Waals surface area contributed by atoms with Crippen molar-refractivity contribution in [3.05, 3.63) is 0 Å². The van der Waals surface area contributed by atoms with E-state index in [0.29, 0.717) is 0 Å². The molecule has 0 spiro atoms. The molecule has 1 rings (SSSR count). The lowest BCUT2D eigenvalue weighted by atomic mass is 9.89. The number of carboxylic acids is 1. The molecule has 0 aromatic heterocycles. The second-order valence-corrected chi connectivity index (χ2v) is 3.87. The Morgan fingerprint density at radius 2 is 2.19 bits per heavy atom. The Balaban J connectivity index is 2.85. The van der Waals surface area contributed by atoms with E-state index in [1.165, 1.54) is 14.0 Å². The summed E-state index contributed by atoms with van der Waals surface area (Å²) >= 11 is 0. The molecule has 1 saturated heterocycles. The van der Waals surface area contributed by atoms with E-state index in [4.69, 9.17) is 9.84 Å². The smallest absolute Gasteiger partial charge is 0.322 e. The fourth-order valence-electron chi connectivity index (χ4n) is 1.69. The molecule has 0 radical (unpaired) electrons. The van der Waals surface area contributed by atoms with Crippen molar-refractivity contribution >= 4 is 17.9 Å². The fourth-order valence-corrected chi connectivity index (χ4v) is 1.69. The predicted octanol–water partition coefficient (Wildman–Crippen LogP) is -0.678. The summed E-state index contributed by atoms with van der Waals surface area (Å²) in [5.41, 5.74) is -1.27. The van der Waals surface area contributed by atoms with Crippen LogP contribution in [0.15, 0.2) is 0 Å². The van der Waals surface area contributed by atoms with Crippen molar-refractivity contribution in [2.45, 2.75) is 18.9 Å². The summed E-state index contributed by atoms with van der Waals surface area (Å²) in [6.45, 7) is 1.42. The van der Waals surface area contributed by atoms with E-state index in [2.05, 4.69) is 10.6 Å². The summed E-state index contributed by atoms with van der Waals surface area (Å²) in [6.07, 6.45) is -0.00620. The van der Waals surface area contributed by atoms with Gasteiger partial charge in [0, 0.05) is 7.11 Å². The average molecular weight is 230 g/mol. The van der Waals surface area contributed by atoms with Crippen molar-refractivity contribution < 1.29 is 24.2 Å². The van der Waals surface area contributed by atoms with Crippen molar-refractivity contribution in [1.29, 1.82) is 0 Å². The lowest BCUT2D eigenvalue weighted by Crippen LogP contribution is -2.52. The highest BCUT2D eigenvalue weighted by atomic mass is 16.5. The van der Waals surface area contributed by atoms with E-state index in [9.17, 15) is 14.4 Å². The molecule has 2 atom stereocenters. The molecule has 0 saturated carbocycles. The number of carboxylic acid groups (broad SMARTS) is 1. The van der Waals surface area contributed by atoms with Crippen LogP contribution in [0.4, 0.5) is 4.79 Å². The van der Waals surface area contributed by atoms with Gasteiger partial charge in [0.1, 0.15) is 5.54 Å². The summed E-state index contributed by atoms with van der Waals surface area (Å²) in [5.74, 6) is -2.32. The third kappa shape index (κ3) is 2.30. The van der Waals surface area contributed by atoms with E-state index in [0.717, 1.165) is 0 Å². The molecule has 2 unspecified atom stereocenters. The molecule has 1 aliphatic rings. The maximum absolute atomic E-state index is 11.6. The first-order valence-corrected chi connectivity index (χ1v) is 4.76. The zero-order chi connectivity index (χ0) is 12.3. The molecule has 0 bridgehead atoms. The van der Waals surface area contributed by atoms with Crippen LogP contribution >= 0.6 is 0 Å². The van der Waals surface area contributed by atoms with Gasteiger partial charge in [-0.2, -0.15) is 0 Å². The average Bonchev–Trinajstić information content (AvgIpc) is 2.42. The molecule has 7 heteroatoms. The van der Waals surface area contributed by atoms with Gasteiger partial charge in [-0.05, 0) is 6.42 Å². The second-order valence-electron chi connectivity index (χ2n) is 3.87.